The van der Waals surface area contributed by atoms with Crippen LogP contribution in [0.15, 0.2) is 42.5 Å². The highest BCUT2D eigenvalue weighted by Crippen LogP contribution is 2.21. The number of hydrogen-bond donors (Lipinski definition) is 1. The number of rotatable bonds is 5. The average molecular weight is 286 g/mol. The predicted molar refractivity (Wildman–Crippen MR) is 84.4 cm³/mol. The molecule has 3 heteroatoms. The summed E-state index contributed by atoms with van der Waals surface area (Å²) in [5.74, 6) is 0.886. The van der Waals surface area contributed by atoms with Crippen LogP contribution in [0.25, 0.3) is 0 Å². The van der Waals surface area contributed by atoms with Crippen molar-refractivity contribution in [3.05, 3.63) is 64.7 Å². The first kappa shape index (κ1) is 14.7. The van der Waals surface area contributed by atoms with E-state index in [1.54, 1.807) is 0 Å². The molecule has 20 heavy (non-hydrogen) atoms. The van der Waals surface area contributed by atoms with E-state index in [1.807, 2.05) is 50.2 Å². The molecule has 0 fully saturated rings. The number of carbonyl (C=O) groups excluding carboxylic acids is 1. The molecule has 0 aliphatic heterocycles. The van der Waals surface area contributed by atoms with Gasteiger partial charge in [0.15, 0.2) is 5.12 Å². The molecule has 2 nitrogen and oxygen atoms in total. The van der Waals surface area contributed by atoms with Gasteiger partial charge in [0.2, 0.25) is 0 Å². The van der Waals surface area contributed by atoms with Crippen LogP contribution in [0.5, 0.6) is 5.75 Å². The standard InChI is InChI=1S/C17H18O2S/c1-12-7-8-13(2)16(9-12)19-11-15-6-4-3-5-14(15)10-17(18)20/h3-9H,10-11H2,1-2H3,(H,18,20). The third kappa shape index (κ3) is 3.87. The summed E-state index contributed by atoms with van der Waals surface area (Å²) in [4.78, 5) is 11.2. The molecule has 2 rings (SSSR count). The Kier molecular flexibility index (Phi) is 4.85. The summed E-state index contributed by atoms with van der Waals surface area (Å²) in [6.07, 6.45) is 0.329. The number of ether oxygens (including phenoxy) is 1. The summed E-state index contributed by atoms with van der Waals surface area (Å²) in [5.41, 5.74) is 4.27. The van der Waals surface area contributed by atoms with E-state index in [0.717, 1.165) is 22.4 Å². The number of thiol groups is 1. The fraction of sp³-hybridized carbons (Fsp3) is 0.235. The van der Waals surface area contributed by atoms with Crippen LogP contribution in [0.1, 0.15) is 22.3 Å². The minimum absolute atomic E-state index is 0.135. The van der Waals surface area contributed by atoms with Crippen molar-refractivity contribution in [2.24, 2.45) is 0 Å². The lowest BCUT2D eigenvalue weighted by Gasteiger charge is -2.12. The van der Waals surface area contributed by atoms with E-state index in [0.29, 0.717) is 13.0 Å². The average Bonchev–Trinajstić information content (AvgIpc) is 2.41. The maximum atomic E-state index is 11.2. The number of aryl methyl sites for hydroxylation is 2. The van der Waals surface area contributed by atoms with Gasteiger partial charge in [-0.25, -0.2) is 0 Å². The normalized spacial score (nSPS) is 10.3. The molecule has 0 saturated carbocycles. The number of hydrogen-bond acceptors (Lipinski definition) is 2. The fourth-order valence-electron chi connectivity index (χ4n) is 2.05. The lowest BCUT2D eigenvalue weighted by Crippen LogP contribution is -2.03. The van der Waals surface area contributed by atoms with Gasteiger partial charge in [-0.15, -0.1) is 12.6 Å². The summed E-state index contributed by atoms with van der Waals surface area (Å²) >= 11 is 3.84. The van der Waals surface area contributed by atoms with Crippen molar-refractivity contribution in [3.8, 4) is 5.75 Å². The Morgan fingerprint density at radius 2 is 1.80 bits per heavy atom. The molecule has 0 bridgehead atoms. The number of carbonyl (C=O) groups is 1. The molecular formula is C17H18O2S. The largest absolute Gasteiger partial charge is 0.489 e. The van der Waals surface area contributed by atoms with Crippen LogP contribution < -0.4 is 4.74 Å². The molecule has 0 heterocycles. The molecule has 0 aliphatic rings. The molecule has 0 N–H and O–H groups in total. The molecule has 0 aliphatic carbocycles. The van der Waals surface area contributed by atoms with Crippen LogP contribution in [0.3, 0.4) is 0 Å². The van der Waals surface area contributed by atoms with Gasteiger partial charge in [-0.1, -0.05) is 36.4 Å². The second-order valence-electron chi connectivity index (χ2n) is 4.90. The van der Waals surface area contributed by atoms with Crippen molar-refractivity contribution in [2.75, 3.05) is 0 Å². The molecule has 0 atom stereocenters. The fourth-order valence-corrected chi connectivity index (χ4v) is 2.22. The van der Waals surface area contributed by atoms with Crippen molar-refractivity contribution in [1.29, 1.82) is 0 Å². The first-order valence-corrected chi connectivity index (χ1v) is 6.99. The highest BCUT2D eigenvalue weighted by Gasteiger charge is 2.07. The van der Waals surface area contributed by atoms with Gasteiger partial charge in [0.1, 0.15) is 12.4 Å². The Balaban J connectivity index is 2.14. The van der Waals surface area contributed by atoms with Crippen LogP contribution in [-0.2, 0) is 17.8 Å². The highest BCUT2D eigenvalue weighted by molar-refractivity contribution is 7.96. The molecule has 2 aromatic carbocycles. The third-order valence-corrected chi connectivity index (χ3v) is 3.34. The monoisotopic (exact) mass is 286 g/mol. The molecular weight excluding hydrogens is 268 g/mol. The van der Waals surface area contributed by atoms with Crippen LogP contribution >= 0.6 is 12.6 Å². The summed E-state index contributed by atoms with van der Waals surface area (Å²) in [6, 6.07) is 13.9. The lowest BCUT2D eigenvalue weighted by molar-refractivity contribution is -0.110. The SMILES string of the molecule is Cc1ccc(C)c(OCc2ccccc2CC(=O)S)c1. The molecule has 0 saturated heterocycles. The first-order valence-electron chi connectivity index (χ1n) is 6.55. The zero-order valence-corrected chi connectivity index (χ0v) is 12.6. The van der Waals surface area contributed by atoms with Crippen LogP contribution in [-0.4, -0.2) is 5.12 Å². The van der Waals surface area contributed by atoms with Crippen LogP contribution in [0.4, 0.5) is 0 Å². The lowest BCUT2D eigenvalue weighted by atomic mass is 10.1. The first-order chi connectivity index (χ1) is 9.56. The second-order valence-corrected chi connectivity index (χ2v) is 5.40. The van der Waals surface area contributed by atoms with E-state index in [2.05, 4.69) is 18.7 Å². The van der Waals surface area contributed by atoms with Gasteiger partial charge in [0.05, 0.1) is 0 Å². The van der Waals surface area contributed by atoms with Crippen LogP contribution in [0, 0.1) is 13.8 Å². The van der Waals surface area contributed by atoms with Gasteiger partial charge >= 0.3 is 0 Å². The van der Waals surface area contributed by atoms with Gasteiger partial charge in [0, 0.05) is 6.42 Å². The summed E-state index contributed by atoms with van der Waals surface area (Å²) in [6.45, 7) is 4.53. The van der Waals surface area contributed by atoms with Crippen molar-refractivity contribution in [1.82, 2.24) is 0 Å². The minimum Gasteiger partial charge on any atom is -0.489 e. The van der Waals surface area contributed by atoms with Crippen molar-refractivity contribution < 1.29 is 9.53 Å². The number of benzene rings is 2. The highest BCUT2D eigenvalue weighted by atomic mass is 32.1. The Bertz CT molecular complexity index is 620. The van der Waals surface area contributed by atoms with Gasteiger partial charge in [-0.2, -0.15) is 0 Å². The summed E-state index contributed by atoms with van der Waals surface area (Å²) in [5, 5.41) is -0.135. The van der Waals surface area contributed by atoms with Crippen LogP contribution in [0.2, 0.25) is 0 Å². The third-order valence-electron chi connectivity index (χ3n) is 3.19. The predicted octanol–water partition coefficient (Wildman–Crippen LogP) is 3.88. The molecule has 0 amide bonds. The summed E-state index contributed by atoms with van der Waals surface area (Å²) < 4.78 is 5.89. The Morgan fingerprint density at radius 1 is 1.10 bits per heavy atom. The molecule has 2 aromatic rings. The van der Waals surface area contributed by atoms with Crippen molar-refractivity contribution in [2.45, 2.75) is 26.9 Å². The molecule has 0 unspecified atom stereocenters. The Morgan fingerprint density at radius 3 is 2.50 bits per heavy atom. The van der Waals surface area contributed by atoms with Gasteiger partial charge in [-0.05, 0) is 42.2 Å². The van der Waals surface area contributed by atoms with E-state index in [9.17, 15) is 4.79 Å². The maximum Gasteiger partial charge on any atom is 0.190 e. The zero-order chi connectivity index (χ0) is 14.5. The Labute approximate surface area is 125 Å². The van der Waals surface area contributed by atoms with E-state index >= 15 is 0 Å². The minimum atomic E-state index is -0.135. The zero-order valence-electron chi connectivity index (χ0n) is 11.7. The van der Waals surface area contributed by atoms with Crippen molar-refractivity contribution >= 4 is 17.7 Å². The van der Waals surface area contributed by atoms with E-state index in [-0.39, 0.29) is 5.12 Å². The molecule has 0 aromatic heterocycles. The topological polar surface area (TPSA) is 26.3 Å². The van der Waals surface area contributed by atoms with Gasteiger partial charge < -0.3 is 4.74 Å². The smallest absolute Gasteiger partial charge is 0.190 e. The second kappa shape index (κ2) is 6.62. The maximum absolute atomic E-state index is 11.2. The van der Waals surface area contributed by atoms with Gasteiger partial charge in [-0.3, -0.25) is 4.79 Å². The summed E-state index contributed by atoms with van der Waals surface area (Å²) in [7, 11) is 0. The van der Waals surface area contributed by atoms with Gasteiger partial charge in [0.25, 0.3) is 0 Å². The van der Waals surface area contributed by atoms with E-state index < -0.39 is 0 Å². The van der Waals surface area contributed by atoms with Crippen molar-refractivity contribution in [3.63, 3.8) is 0 Å². The molecule has 104 valence electrons. The van der Waals surface area contributed by atoms with E-state index in [1.165, 1.54) is 5.56 Å². The molecule has 0 radical (unpaired) electrons. The van der Waals surface area contributed by atoms with E-state index in [4.69, 9.17) is 4.74 Å². The quantitative estimate of drug-likeness (QED) is 0.844. The molecule has 0 spiro atoms. The Hall–Kier alpha value is -1.74.